The zero-order chi connectivity index (χ0) is 12.8. The van der Waals surface area contributed by atoms with Crippen LogP contribution in [0, 0.1) is 0 Å². The van der Waals surface area contributed by atoms with Crippen molar-refractivity contribution in [2.75, 3.05) is 6.61 Å². The van der Waals surface area contributed by atoms with Gasteiger partial charge in [-0.05, 0) is 25.1 Å². The van der Waals surface area contributed by atoms with E-state index in [9.17, 15) is 5.11 Å². The lowest BCUT2D eigenvalue weighted by Gasteiger charge is -2.44. The second kappa shape index (κ2) is 4.41. The largest absolute Gasteiger partial charge is 0.487 e. The van der Waals surface area contributed by atoms with Crippen LogP contribution in [0.1, 0.15) is 37.9 Å². The minimum Gasteiger partial charge on any atom is -0.487 e. The lowest BCUT2D eigenvalue weighted by molar-refractivity contribution is -0.111. The lowest BCUT2D eigenvalue weighted by atomic mass is 9.81. The molecule has 0 amide bonds. The number of benzene rings is 1. The molecular formula is C14H17ClO3. The van der Waals surface area contributed by atoms with E-state index in [1.165, 1.54) is 0 Å². The van der Waals surface area contributed by atoms with E-state index in [1.54, 1.807) is 12.1 Å². The molecule has 98 valence electrons. The number of aliphatic hydroxyl groups excluding tert-OH is 1. The van der Waals surface area contributed by atoms with Crippen LogP contribution in [0.3, 0.4) is 0 Å². The van der Waals surface area contributed by atoms with E-state index >= 15 is 0 Å². The van der Waals surface area contributed by atoms with Gasteiger partial charge in [-0.2, -0.15) is 0 Å². The summed E-state index contributed by atoms with van der Waals surface area (Å²) in [4.78, 5) is 0. The van der Waals surface area contributed by atoms with Gasteiger partial charge in [-0.15, -0.1) is 0 Å². The fourth-order valence-electron chi connectivity index (χ4n) is 3.02. The van der Waals surface area contributed by atoms with Gasteiger partial charge >= 0.3 is 0 Å². The van der Waals surface area contributed by atoms with Crippen LogP contribution in [-0.4, -0.2) is 23.4 Å². The van der Waals surface area contributed by atoms with Crippen molar-refractivity contribution in [3.8, 4) is 5.75 Å². The van der Waals surface area contributed by atoms with Gasteiger partial charge in [0.25, 0.3) is 0 Å². The van der Waals surface area contributed by atoms with E-state index in [1.807, 2.05) is 13.0 Å². The zero-order valence-electron chi connectivity index (χ0n) is 10.4. The third-order valence-electron chi connectivity index (χ3n) is 3.84. The van der Waals surface area contributed by atoms with Crippen LogP contribution in [0.5, 0.6) is 5.75 Å². The third kappa shape index (κ3) is 2.11. The quantitative estimate of drug-likeness (QED) is 0.786. The maximum absolute atomic E-state index is 10.3. The predicted octanol–water partition coefficient (Wildman–Crippen LogP) is 3.09. The summed E-state index contributed by atoms with van der Waals surface area (Å²) in [5.41, 5.74) is 0.519. The first-order chi connectivity index (χ1) is 8.58. The Morgan fingerprint density at radius 2 is 2.22 bits per heavy atom. The van der Waals surface area contributed by atoms with E-state index in [4.69, 9.17) is 21.1 Å². The second-order valence-corrected chi connectivity index (χ2v) is 5.76. The van der Waals surface area contributed by atoms with E-state index in [0.29, 0.717) is 18.1 Å². The number of aliphatic hydroxyl groups is 1. The van der Waals surface area contributed by atoms with Gasteiger partial charge in [0.1, 0.15) is 11.4 Å². The first-order valence-electron chi connectivity index (χ1n) is 6.36. The molecule has 1 N–H and O–H groups in total. The number of ether oxygens (including phenoxy) is 2. The van der Waals surface area contributed by atoms with Crippen molar-refractivity contribution < 1.29 is 14.6 Å². The van der Waals surface area contributed by atoms with Crippen molar-refractivity contribution >= 4 is 11.6 Å². The summed E-state index contributed by atoms with van der Waals surface area (Å²) in [5.74, 6) is 0.757. The average Bonchev–Trinajstić information content (AvgIpc) is 2.30. The number of rotatable bonds is 0. The fraction of sp³-hybridized carbons (Fsp3) is 0.571. The summed E-state index contributed by atoms with van der Waals surface area (Å²) < 4.78 is 11.7. The Labute approximate surface area is 112 Å². The lowest BCUT2D eigenvalue weighted by Crippen LogP contribution is -2.47. The van der Waals surface area contributed by atoms with E-state index in [-0.39, 0.29) is 11.7 Å². The molecule has 0 bridgehead atoms. The van der Waals surface area contributed by atoms with Gasteiger partial charge in [0.05, 0.1) is 18.8 Å². The van der Waals surface area contributed by atoms with Crippen LogP contribution in [0.15, 0.2) is 18.2 Å². The minimum atomic E-state index is -0.502. The average molecular weight is 269 g/mol. The predicted molar refractivity (Wildman–Crippen MR) is 69.0 cm³/mol. The Kier molecular flexibility index (Phi) is 3.00. The van der Waals surface area contributed by atoms with Gasteiger partial charge < -0.3 is 14.6 Å². The smallest absolute Gasteiger partial charge is 0.126 e. The SMILES string of the molecule is CC1CC2(CCO1)C[C@@H](O)c1cc(Cl)ccc1O2. The molecule has 4 heteroatoms. The maximum Gasteiger partial charge on any atom is 0.126 e. The molecule has 1 spiro atoms. The molecule has 3 atom stereocenters. The van der Waals surface area contributed by atoms with Gasteiger partial charge in [0, 0.05) is 29.8 Å². The highest BCUT2D eigenvalue weighted by molar-refractivity contribution is 6.30. The molecular weight excluding hydrogens is 252 g/mol. The first kappa shape index (κ1) is 12.3. The Morgan fingerprint density at radius 1 is 1.39 bits per heavy atom. The highest BCUT2D eigenvalue weighted by Crippen LogP contribution is 2.45. The first-order valence-corrected chi connectivity index (χ1v) is 6.74. The van der Waals surface area contributed by atoms with Crippen molar-refractivity contribution in [1.82, 2.24) is 0 Å². The van der Waals surface area contributed by atoms with Gasteiger partial charge in [0.2, 0.25) is 0 Å². The normalized spacial score (nSPS) is 35.1. The zero-order valence-corrected chi connectivity index (χ0v) is 11.1. The fourth-order valence-corrected chi connectivity index (χ4v) is 3.20. The Morgan fingerprint density at radius 3 is 3.00 bits per heavy atom. The van der Waals surface area contributed by atoms with Crippen LogP contribution in [-0.2, 0) is 4.74 Å². The van der Waals surface area contributed by atoms with Crippen LogP contribution >= 0.6 is 11.6 Å². The van der Waals surface area contributed by atoms with Crippen molar-refractivity contribution in [1.29, 1.82) is 0 Å². The van der Waals surface area contributed by atoms with Crippen molar-refractivity contribution in [3.63, 3.8) is 0 Å². The van der Waals surface area contributed by atoms with Crippen LogP contribution in [0.2, 0.25) is 5.02 Å². The standard InChI is InChI=1S/C14H17ClO3/c1-9-7-14(4-5-17-9)8-12(16)11-6-10(15)2-3-13(11)18-14/h2-3,6,9,12,16H,4-5,7-8H2,1H3/t9?,12-,14?/m1/s1. The molecule has 2 aliphatic heterocycles. The van der Waals surface area contributed by atoms with E-state index in [0.717, 1.165) is 24.2 Å². The molecule has 0 aromatic heterocycles. The summed E-state index contributed by atoms with van der Waals surface area (Å²) >= 11 is 5.96. The molecule has 3 nitrogen and oxygen atoms in total. The molecule has 2 aliphatic rings. The molecule has 1 aromatic carbocycles. The highest BCUT2D eigenvalue weighted by atomic mass is 35.5. The molecule has 0 aliphatic carbocycles. The molecule has 0 saturated carbocycles. The number of fused-ring (bicyclic) bond motifs is 1. The molecule has 1 aromatic rings. The number of hydrogen-bond donors (Lipinski definition) is 1. The van der Waals surface area contributed by atoms with Gasteiger partial charge in [-0.25, -0.2) is 0 Å². The molecule has 1 fully saturated rings. The number of halogens is 1. The molecule has 1 saturated heterocycles. The van der Waals surface area contributed by atoms with Gasteiger partial charge in [-0.3, -0.25) is 0 Å². The topological polar surface area (TPSA) is 38.7 Å². The summed E-state index contributed by atoms with van der Waals surface area (Å²) in [6, 6.07) is 5.44. The summed E-state index contributed by atoms with van der Waals surface area (Å²) in [7, 11) is 0. The summed E-state index contributed by atoms with van der Waals surface area (Å²) in [6.45, 7) is 2.74. The summed E-state index contributed by atoms with van der Waals surface area (Å²) in [5, 5.41) is 10.9. The third-order valence-corrected chi connectivity index (χ3v) is 4.08. The minimum absolute atomic E-state index is 0.180. The second-order valence-electron chi connectivity index (χ2n) is 5.32. The van der Waals surface area contributed by atoms with Crippen molar-refractivity contribution in [3.05, 3.63) is 28.8 Å². The van der Waals surface area contributed by atoms with Gasteiger partial charge in [0.15, 0.2) is 0 Å². The molecule has 3 rings (SSSR count). The molecule has 18 heavy (non-hydrogen) atoms. The van der Waals surface area contributed by atoms with Crippen molar-refractivity contribution in [2.24, 2.45) is 0 Å². The molecule has 0 radical (unpaired) electrons. The monoisotopic (exact) mass is 268 g/mol. The molecule has 2 unspecified atom stereocenters. The van der Waals surface area contributed by atoms with E-state index in [2.05, 4.69) is 0 Å². The number of hydrogen-bond acceptors (Lipinski definition) is 3. The van der Waals surface area contributed by atoms with Gasteiger partial charge in [-0.1, -0.05) is 11.6 Å². The Bertz CT molecular complexity index is 462. The summed E-state index contributed by atoms with van der Waals surface area (Å²) in [6.07, 6.45) is 1.95. The molecule has 2 heterocycles. The Hall–Kier alpha value is -0.770. The van der Waals surface area contributed by atoms with Crippen LogP contribution in [0.4, 0.5) is 0 Å². The van der Waals surface area contributed by atoms with E-state index < -0.39 is 6.10 Å². The van der Waals surface area contributed by atoms with Crippen molar-refractivity contribution in [2.45, 2.75) is 44.0 Å². The Balaban J connectivity index is 1.93. The maximum atomic E-state index is 10.3. The van der Waals surface area contributed by atoms with Crippen LogP contribution < -0.4 is 4.74 Å². The highest BCUT2D eigenvalue weighted by Gasteiger charge is 2.43. The van der Waals surface area contributed by atoms with Crippen LogP contribution in [0.25, 0.3) is 0 Å².